The highest BCUT2D eigenvalue weighted by Crippen LogP contribution is 2.44. The van der Waals surface area contributed by atoms with Gasteiger partial charge in [0.05, 0.1) is 27.6 Å². The van der Waals surface area contributed by atoms with E-state index < -0.39 is 15.9 Å². The Labute approximate surface area is 193 Å². The molecule has 2 N–H and O–H groups in total. The zero-order valence-electron chi connectivity index (χ0n) is 17.1. The van der Waals surface area contributed by atoms with E-state index in [2.05, 4.69) is 10.9 Å². The molecule has 164 valence electrons. The molecule has 0 radical (unpaired) electrons. The van der Waals surface area contributed by atoms with Crippen molar-refractivity contribution in [3.05, 3.63) is 82.7 Å². The number of thiazole rings is 1. The lowest BCUT2D eigenvalue weighted by Crippen LogP contribution is -2.22. The minimum atomic E-state index is -3.87. The maximum atomic E-state index is 13.6. The summed E-state index contributed by atoms with van der Waals surface area (Å²) in [4.78, 5) is 18.4. The first-order valence-corrected chi connectivity index (χ1v) is 12.3. The van der Waals surface area contributed by atoms with Crippen molar-refractivity contribution >= 4 is 37.5 Å². The number of carbonyl (C=O) groups excluding carboxylic acids is 1. The monoisotopic (exact) mass is 475 g/mol. The van der Waals surface area contributed by atoms with Crippen LogP contribution in [0, 0.1) is 12.3 Å². The SMILES string of the molecule is C#CCn1c(=NC(=O)C2c3ccccc3Oc3ccccc32)sc2cc(S(N)(=O)=O)ccc21. The van der Waals surface area contributed by atoms with Gasteiger partial charge in [0.15, 0.2) is 4.80 Å². The molecule has 0 saturated heterocycles. The standard InChI is InChI=1S/C24H17N3O4S2/c1-2-13-27-18-12-11-15(33(25,29)30)14-21(18)32-24(27)26-23(28)22-16-7-3-5-9-19(16)31-20-10-6-4-8-17(20)22/h1,3-12,14,22H,13H2,(H2,25,29,30). The van der Waals surface area contributed by atoms with Gasteiger partial charge in [-0.25, -0.2) is 13.6 Å². The maximum absolute atomic E-state index is 13.6. The van der Waals surface area contributed by atoms with Crippen LogP contribution >= 0.6 is 11.3 Å². The van der Waals surface area contributed by atoms with Crippen molar-refractivity contribution in [2.75, 3.05) is 0 Å². The number of amides is 1. The summed E-state index contributed by atoms with van der Waals surface area (Å²) in [6, 6.07) is 19.2. The lowest BCUT2D eigenvalue weighted by Gasteiger charge is -2.25. The molecule has 0 fully saturated rings. The van der Waals surface area contributed by atoms with E-state index in [1.54, 1.807) is 10.6 Å². The number of hydrogen-bond acceptors (Lipinski definition) is 5. The summed E-state index contributed by atoms with van der Waals surface area (Å²) in [7, 11) is -3.87. The van der Waals surface area contributed by atoms with E-state index in [9.17, 15) is 13.2 Å². The first-order chi connectivity index (χ1) is 15.9. The Bertz CT molecular complexity index is 1600. The summed E-state index contributed by atoms with van der Waals surface area (Å²) in [5, 5.41) is 5.27. The van der Waals surface area contributed by atoms with Crippen molar-refractivity contribution in [3.8, 4) is 23.8 Å². The van der Waals surface area contributed by atoms with Gasteiger partial charge in [-0.3, -0.25) is 4.79 Å². The Balaban J connectivity index is 1.69. The van der Waals surface area contributed by atoms with Crippen LogP contribution in [0.2, 0.25) is 0 Å². The van der Waals surface area contributed by atoms with E-state index >= 15 is 0 Å². The zero-order chi connectivity index (χ0) is 23.2. The van der Waals surface area contributed by atoms with Gasteiger partial charge in [-0.2, -0.15) is 4.99 Å². The number of ether oxygens (including phenoxy) is 1. The minimum absolute atomic E-state index is 0.0192. The Hall–Kier alpha value is -3.71. The van der Waals surface area contributed by atoms with Crippen LogP contribution in [0.5, 0.6) is 11.5 Å². The third kappa shape index (κ3) is 3.74. The molecule has 3 aromatic carbocycles. The van der Waals surface area contributed by atoms with Crippen molar-refractivity contribution in [1.29, 1.82) is 0 Å². The molecular weight excluding hydrogens is 458 g/mol. The molecule has 1 aliphatic rings. The predicted molar refractivity (Wildman–Crippen MR) is 125 cm³/mol. The van der Waals surface area contributed by atoms with Crippen LogP contribution in [0.4, 0.5) is 0 Å². The van der Waals surface area contributed by atoms with Crippen molar-refractivity contribution in [2.45, 2.75) is 17.4 Å². The lowest BCUT2D eigenvalue weighted by molar-refractivity contribution is -0.118. The normalized spacial score (nSPS) is 13.8. The summed E-state index contributed by atoms with van der Waals surface area (Å²) in [6.07, 6.45) is 5.55. The van der Waals surface area contributed by atoms with Crippen molar-refractivity contribution in [1.82, 2.24) is 4.57 Å². The highest BCUT2D eigenvalue weighted by Gasteiger charge is 2.32. The third-order valence-corrected chi connectivity index (χ3v) is 7.32. The fourth-order valence-corrected chi connectivity index (χ4v) is 5.58. The van der Waals surface area contributed by atoms with E-state index in [0.717, 1.165) is 11.1 Å². The fraction of sp³-hybridized carbons (Fsp3) is 0.0833. The summed E-state index contributed by atoms with van der Waals surface area (Å²) >= 11 is 1.18. The summed E-state index contributed by atoms with van der Waals surface area (Å²) in [5.74, 6) is 2.76. The van der Waals surface area contributed by atoms with E-state index in [1.165, 1.54) is 23.5 Å². The second kappa shape index (κ2) is 8.01. The van der Waals surface area contributed by atoms with Gasteiger partial charge in [-0.1, -0.05) is 53.7 Å². The lowest BCUT2D eigenvalue weighted by atomic mass is 9.87. The van der Waals surface area contributed by atoms with E-state index in [4.69, 9.17) is 16.3 Å². The summed E-state index contributed by atoms with van der Waals surface area (Å²) < 4.78 is 31.8. The molecule has 0 spiro atoms. The number of sulfonamides is 1. The Morgan fingerprint density at radius 1 is 1.09 bits per heavy atom. The number of fused-ring (bicyclic) bond motifs is 3. The largest absolute Gasteiger partial charge is 0.457 e. The van der Waals surface area contributed by atoms with Gasteiger partial charge >= 0.3 is 0 Å². The molecule has 0 aliphatic carbocycles. The van der Waals surface area contributed by atoms with Crippen LogP contribution in [0.25, 0.3) is 10.2 Å². The molecule has 2 heterocycles. The number of primary sulfonamides is 1. The number of nitrogens with zero attached hydrogens (tertiary/aromatic N) is 2. The fourth-order valence-electron chi connectivity index (χ4n) is 3.89. The first-order valence-electron chi connectivity index (χ1n) is 9.91. The molecule has 5 rings (SSSR count). The van der Waals surface area contributed by atoms with Gasteiger partial charge in [0, 0.05) is 11.1 Å². The number of terminal acetylenes is 1. The average molecular weight is 476 g/mol. The highest BCUT2D eigenvalue weighted by atomic mass is 32.2. The number of benzene rings is 3. The molecule has 1 aromatic heterocycles. The van der Waals surface area contributed by atoms with Gasteiger partial charge in [-0.05, 0) is 30.3 Å². The summed E-state index contributed by atoms with van der Waals surface area (Å²) in [5.41, 5.74) is 2.13. The maximum Gasteiger partial charge on any atom is 0.260 e. The average Bonchev–Trinajstić information content (AvgIpc) is 3.13. The molecule has 33 heavy (non-hydrogen) atoms. The molecule has 7 nitrogen and oxygen atoms in total. The van der Waals surface area contributed by atoms with E-state index in [1.807, 2.05) is 48.5 Å². The first kappa shape index (κ1) is 21.2. The molecule has 1 amide bonds. The van der Waals surface area contributed by atoms with Crippen LogP contribution in [0.15, 0.2) is 76.6 Å². The second-order valence-electron chi connectivity index (χ2n) is 7.41. The number of hydrogen-bond donors (Lipinski definition) is 1. The highest BCUT2D eigenvalue weighted by molar-refractivity contribution is 7.89. The molecule has 1 aliphatic heterocycles. The van der Waals surface area contributed by atoms with Crippen LogP contribution in [-0.2, 0) is 21.4 Å². The second-order valence-corrected chi connectivity index (χ2v) is 9.98. The van der Waals surface area contributed by atoms with Gasteiger partial charge in [0.25, 0.3) is 5.91 Å². The van der Waals surface area contributed by atoms with Gasteiger partial charge < -0.3 is 9.30 Å². The van der Waals surface area contributed by atoms with E-state index in [-0.39, 0.29) is 17.3 Å². The number of carbonyl (C=O) groups is 1. The molecule has 0 saturated carbocycles. The van der Waals surface area contributed by atoms with Crippen LogP contribution in [-0.4, -0.2) is 18.9 Å². The predicted octanol–water partition coefficient (Wildman–Crippen LogP) is 3.35. The Kier molecular flexibility index (Phi) is 5.13. The molecule has 0 atom stereocenters. The zero-order valence-corrected chi connectivity index (χ0v) is 18.8. The van der Waals surface area contributed by atoms with Crippen LogP contribution in [0.1, 0.15) is 17.0 Å². The summed E-state index contributed by atoms with van der Waals surface area (Å²) in [6.45, 7) is 0.168. The Morgan fingerprint density at radius 3 is 2.33 bits per heavy atom. The molecule has 4 aromatic rings. The number of nitrogens with two attached hydrogens (primary N) is 1. The molecule has 9 heteroatoms. The molecule has 0 bridgehead atoms. The smallest absolute Gasteiger partial charge is 0.260 e. The quantitative estimate of drug-likeness (QED) is 0.459. The van der Waals surface area contributed by atoms with Crippen LogP contribution in [0.3, 0.4) is 0 Å². The number of aromatic nitrogens is 1. The van der Waals surface area contributed by atoms with Crippen molar-refractivity contribution < 1.29 is 17.9 Å². The van der Waals surface area contributed by atoms with Crippen molar-refractivity contribution in [2.24, 2.45) is 10.1 Å². The molecule has 0 unspecified atom stereocenters. The Morgan fingerprint density at radius 2 is 1.73 bits per heavy atom. The van der Waals surface area contributed by atoms with Crippen LogP contribution < -0.4 is 14.7 Å². The van der Waals surface area contributed by atoms with Crippen molar-refractivity contribution in [3.63, 3.8) is 0 Å². The third-order valence-electron chi connectivity index (χ3n) is 5.36. The minimum Gasteiger partial charge on any atom is -0.457 e. The topological polar surface area (TPSA) is 104 Å². The number of para-hydroxylation sites is 2. The number of rotatable bonds is 3. The van der Waals surface area contributed by atoms with E-state index in [0.29, 0.717) is 26.5 Å². The van der Waals surface area contributed by atoms with Gasteiger partial charge in [0.2, 0.25) is 10.0 Å². The van der Waals surface area contributed by atoms with Gasteiger partial charge in [-0.15, -0.1) is 6.42 Å². The van der Waals surface area contributed by atoms with Gasteiger partial charge in [0.1, 0.15) is 11.5 Å². The molecular formula is C24H17N3O4S2.